The van der Waals surface area contributed by atoms with Gasteiger partial charge in [-0.15, -0.1) is 0 Å². The Morgan fingerprint density at radius 3 is 2.56 bits per heavy atom. The molecule has 0 aliphatic carbocycles. The standard InChI is InChI=1S/C8H8FNO5S/c9-7-2-1-6(3-4-16(13,14)15)5-8(7)10(11)12/h1-2,5H,3-4H2,(H,13,14,15). The van der Waals surface area contributed by atoms with Gasteiger partial charge in [0.1, 0.15) is 0 Å². The molecule has 1 N–H and O–H groups in total. The summed E-state index contributed by atoms with van der Waals surface area (Å²) in [5.41, 5.74) is -0.446. The minimum Gasteiger partial charge on any atom is -0.286 e. The lowest BCUT2D eigenvalue weighted by Crippen LogP contribution is -2.07. The lowest BCUT2D eigenvalue weighted by Gasteiger charge is -2.00. The fraction of sp³-hybridized carbons (Fsp3) is 0.250. The van der Waals surface area contributed by atoms with Crippen LogP contribution in [-0.4, -0.2) is 23.6 Å². The van der Waals surface area contributed by atoms with Crippen molar-refractivity contribution in [2.45, 2.75) is 6.42 Å². The molecule has 0 saturated heterocycles. The van der Waals surface area contributed by atoms with Crippen LogP contribution in [0.4, 0.5) is 10.1 Å². The molecule has 0 heterocycles. The Balaban J connectivity index is 2.91. The maximum absolute atomic E-state index is 12.9. The first-order chi connectivity index (χ1) is 7.29. The van der Waals surface area contributed by atoms with E-state index < -0.39 is 32.3 Å². The van der Waals surface area contributed by atoms with Crippen LogP contribution in [0.2, 0.25) is 0 Å². The molecule has 88 valence electrons. The van der Waals surface area contributed by atoms with Gasteiger partial charge in [-0.05, 0) is 18.1 Å². The summed E-state index contributed by atoms with van der Waals surface area (Å²) in [7, 11) is -4.13. The van der Waals surface area contributed by atoms with E-state index in [1.165, 1.54) is 6.07 Å². The second kappa shape index (κ2) is 4.54. The van der Waals surface area contributed by atoms with Crippen molar-refractivity contribution in [3.63, 3.8) is 0 Å². The predicted molar refractivity (Wildman–Crippen MR) is 53.2 cm³/mol. The molecule has 0 aromatic heterocycles. The van der Waals surface area contributed by atoms with Gasteiger partial charge in [0.2, 0.25) is 5.82 Å². The van der Waals surface area contributed by atoms with Gasteiger partial charge >= 0.3 is 5.69 Å². The molecule has 0 unspecified atom stereocenters. The monoisotopic (exact) mass is 249 g/mol. The normalized spacial score (nSPS) is 11.4. The van der Waals surface area contributed by atoms with Crippen molar-refractivity contribution in [2.24, 2.45) is 0 Å². The summed E-state index contributed by atoms with van der Waals surface area (Å²) in [4.78, 5) is 9.48. The Bertz CT molecular complexity index is 513. The summed E-state index contributed by atoms with van der Waals surface area (Å²) >= 11 is 0. The van der Waals surface area contributed by atoms with Crippen LogP contribution in [0.25, 0.3) is 0 Å². The predicted octanol–water partition coefficient (Wildman–Crippen LogP) is 1.16. The molecule has 1 aromatic carbocycles. The Morgan fingerprint density at radius 2 is 2.06 bits per heavy atom. The van der Waals surface area contributed by atoms with E-state index in [-0.39, 0.29) is 12.0 Å². The number of nitro benzene ring substituents is 1. The molecule has 0 spiro atoms. The van der Waals surface area contributed by atoms with E-state index in [1.54, 1.807) is 0 Å². The van der Waals surface area contributed by atoms with Crippen molar-refractivity contribution < 1.29 is 22.3 Å². The first-order valence-electron chi connectivity index (χ1n) is 4.17. The Morgan fingerprint density at radius 1 is 1.44 bits per heavy atom. The zero-order chi connectivity index (χ0) is 12.3. The Labute approximate surface area is 90.6 Å². The summed E-state index contributed by atoms with van der Waals surface area (Å²) < 4.78 is 42.2. The third kappa shape index (κ3) is 3.55. The van der Waals surface area contributed by atoms with Gasteiger partial charge < -0.3 is 0 Å². The van der Waals surface area contributed by atoms with Crippen LogP contribution in [0.15, 0.2) is 18.2 Å². The molecular weight excluding hydrogens is 241 g/mol. The van der Waals surface area contributed by atoms with Crippen LogP contribution >= 0.6 is 0 Å². The summed E-state index contributed by atoms with van der Waals surface area (Å²) in [6.45, 7) is 0. The number of benzene rings is 1. The van der Waals surface area contributed by atoms with Crippen LogP contribution in [0.1, 0.15) is 5.56 Å². The van der Waals surface area contributed by atoms with E-state index in [1.807, 2.05) is 0 Å². The second-order valence-corrected chi connectivity index (χ2v) is 4.65. The van der Waals surface area contributed by atoms with E-state index in [0.29, 0.717) is 0 Å². The van der Waals surface area contributed by atoms with E-state index in [0.717, 1.165) is 12.1 Å². The number of hydrogen-bond acceptors (Lipinski definition) is 4. The number of hydrogen-bond donors (Lipinski definition) is 1. The first-order valence-corrected chi connectivity index (χ1v) is 5.78. The number of aryl methyl sites for hydroxylation is 1. The summed E-state index contributed by atoms with van der Waals surface area (Å²) in [6.07, 6.45) is -0.111. The first kappa shape index (κ1) is 12.5. The largest absolute Gasteiger partial charge is 0.305 e. The Hall–Kier alpha value is -1.54. The number of nitrogens with zero attached hydrogens (tertiary/aromatic N) is 1. The molecule has 6 nitrogen and oxygen atoms in total. The van der Waals surface area contributed by atoms with Crippen LogP contribution in [0.5, 0.6) is 0 Å². The molecule has 8 heteroatoms. The second-order valence-electron chi connectivity index (χ2n) is 3.08. The zero-order valence-electron chi connectivity index (χ0n) is 7.96. The van der Waals surface area contributed by atoms with Crippen molar-refractivity contribution in [2.75, 3.05) is 5.75 Å². The molecule has 0 bridgehead atoms. The quantitative estimate of drug-likeness (QED) is 0.490. The lowest BCUT2D eigenvalue weighted by molar-refractivity contribution is -0.387. The number of halogens is 1. The highest BCUT2D eigenvalue weighted by Gasteiger charge is 2.15. The molecule has 0 aliphatic rings. The average Bonchev–Trinajstić information content (AvgIpc) is 2.14. The Kier molecular flexibility index (Phi) is 3.55. The molecule has 0 amide bonds. The summed E-state index contributed by atoms with van der Waals surface area (Å²) in [5, 5.41) is 10.4. The molecule has 0 saturated carbocycles. The van der Waals surface area contributed by atoms with Gasteiger partial charge in [0.05, 0.1) is 10.7 Å². The number of rotatable bonds is 4. The van der Waals surface area contributed by atoms with E-state index >= 15 is 0 Å². The van der Waals surface area contributed by atoms with Crippen molar-refractivity contribution >= 4 is 15.8 Å². The molecule has 0 aliphatic heterocycles. The maximum Gasteiger partial charge on any atom is 0.305 e. The third-order valence-corrected chi connectivity index (χ3v) is 2.58. The fourth-order valence-electron chi connectivity index (χ4n) is 1.10. The van der Waals surface area contributed by atoms with Crippen molar-refractivity contribution in [3.8, 4) is 0 Å². The van der Waals surface area contributed by atoms with Crippen molar-refractivity contribution in [1.82, 2.24) is 0 Å². The van der Waals surface area contributed by atoms with Gasteiger partial charge in [-0.1, -0.05) is 6.07 Å². The third-order valence-electron chi connectivity index (χ3n) is 1.86. The van der Waals surface area contributed by atoms with E-state index in [2.05, 4.69) is 0 Å². The molecule has 0 fully saturated rings. The van der Waals surface area contributed by atoms with Gasteiger partial charge in [-0.2, -0.15) is 12.8 Å². The van der Waals surface area contributed by atoms with Gasteiger partial charge in [0.15, 0.2) is 0 Å². The molecular formula is C8H8FNO5S. The minimum atomic E-state index is -4.13. The van der Waals surface area contributed by atoms with Crippen LogP contribution < -0.4 is 0 Å². The van der Waals surface area contributed by atoms with Crippen LogP contribution in [0.3, 0.4) is 0 Å². The van der Waals surface area contributed by atoms with E-state index in [4.69, 9.17) is 4.55 Å². The molecule has 1 rings (SSSR count). The molecule has 0 atom stereocenters. The topological polar surface area (TPSA) is 97.5 Å². The minimum absolute atomic E-state index is 0.111. The molecule has 1 aromatic rings. The SMILES string of the molecule is O=[N+]([O-])c1cc(CCS(=O)(=O)O)ccc1F. The van der Waals surface area contributed by atoms with Crippen LogP contribution in [0, 0.1) is 15.9 Å². The van der Waals surface area contributed by atoms with Crippen molar-refractivity contribution in [3.05, 3.63) is 39.7 Å². The smallest absolute Gasteiger partial charge is 0.286 e. The van der Waals surface area contributed by atoms with Crippen molar-refractivity contribution in [1.29, 1.82) is 0 Å². The molecule has 0 radical (unpaired) electrons. The summed E-state index contributed by atoms with van der Waals surface area (Å²) in [6, 6.07) is 3.06. The van der Waals surface area contributed by atoms with Gasteiger partial charge in [0.25, 0.3) is 10.1 Å². The van der Waals surface area contributed by atoms with Gasteiger partial charge in [-0.3, -0.25) is 14.7 Å². The highest BCUT2D eigenvalue weighted by molar-refractivity contribution is 7.85. The number of nitro groups is 1. The maximum atomic E-state index is 12.9. The highest BCUT2D eigenvalue weighted by atomic mass is 32.2. The van der Waals surface area contributed by atoms with Crippen LogP contribution in [-0.2, 0) is 16.5 Å². The van der Waals surface area contributed by atoms with E-state index in [9.17, 15) is 22.9 Å². The zero-order valence-corrected chi connectivity index (χ0v) is 8.78. The van der Waals surface area contributed by atoms with Gasteiger partial charge in [-0.25, -0.2) is 0 Å². The van der Waals surface area contributed by atoms with Gasteiger partial charge in [0, 0.05) is 6.07 Å². The lowest BCUT2D eigenvalue weighted by atomic mass is 10.1. The molecule has 16 heavy (non-hydrogen) atoms. The summed E-state index contributed by atoms with van der Waals surface area (Å²) in [5.74, 6) is -1.55. The average molecular weight is 249 g/mol. The fourth-order valence-corrected chi connectivity index (χ4v) is 1.59. The highest BCUT2D eigenvalue weighted by Crippen LogP contribution is 2.18.